The van der Waals surface area contributed by atoms with Crippen LogP contribution in [0.1, 0.15) is 16.7 Å². The van der Waals surface area contributed by atoms with Gasteiger partial charge in [-0.15, -0.1) is 0 Å². The number of benzene rings is 1. The number of hydrogen-bond acceptors (Lipinski definition) is 6. The van der Waals surface area contributed by atoms with E-state index in [9.17, 15) is 13.2 Å². The fraction of sp³-hybridized carbons (Fsp3) is 0.176. The number of nitrogens with two attached hydrogens (primary N) is 2. The van der Waals surface area contributed by atoms with Crippen molar-refractivity contribution >= 4 is 22.7 Å². The van der Waals surface area contributed by atoms with Gasteiger partial charge in [0.1, 0.15) is 0 Å². The Bertz CT molecular complexity index is 1180. The molecule has 0 radical (unpaired) electrons. The third-order valence-electron chi connectivity index (χ3n) is 4.18. The molecule has 0 bridgehead atoms. The van der Waals surface area contributed by atoms with Gasteiger partial charge in [-0.25, -0.2) is 9.36 Å². The average molecular weight is 388 g/mol. The van der Waals surface area contributed by atoms with Gasteiger partial charge in [0.25, 0.3) is 0 Å². The Labute approximate surface area is 156 Å². The van der Waals surface area contributed by atoms with Crippen LogP contribution in [-0.2, 0) is 12.7 Å². The zero-order valence-electron chi connectivity index (χ0n) is 14.6. The van der Waals surface area contributed by atoms with Gasteiger partial charge in [0, 0.05) is 11.9 Å². The molecule has 3 heterocycles. The highest BCUT2D eigenvalue weighted by Gasteiger charge is 2.33. The third kappa shape index (κ3) is 3.10. The first kappa shape index (κ1) is 17.8. The zero-order chi connectivity index (χ0) is 20.1. The molecule has 0 spiro atoms. The zero-order valence-corrected chi connectivity index (χ0v) is 14.6. The van der Waals surface area contributed by atoms with Crippen LogP contribution in [0.4, 0.5) is 24.8 Å². The maximum absolute atomic E-state index is 13.1. The minimum absolute atomic E-state index is 0.00527. The van der Waals surface area contributed by atoms with Gasteiger partial charge in [-0.1, -0.05) is 6.07 Å². The van der Waals surface area contributed by atoms with Crippen molar-refractivity contribution in [3.63, 3.8) is 0 Å². The van der Waals surface area contributed by atoms with Gasteiger partial charge in [-0.3, -0.25) is 0 Å². The second kappa shape index (κ2) is 6.22. The Morgan fingerprint density at radius 2 is 1.86 bits per heavy atom. The molecular formula is C17H15F3N8. The lowest BCUT2D eigenvalue weighted by Crippen LogP contribution is -2.11. The van der Waals surface area contributed by atoms with Crippen LogP contribution >= 0.6 is 0 Å². The summed E-state index contributed by atoms with van der Waals surface area (Å²) in [5.41, 5.74) is 11.8. The van der Waals surface area contributed by atoms with Crippen LogP contribution in [0.25, 0.3) is 16.9 Å². The average Bonchev–Trinajstić information content (AvgIpc) is 3.22. The summed E-state index contributed by atoms with van der Waals surface area (Å²) in [6.45, 7) is 1.94. The molecule has 0 unspecified atom stereocenters. The van der Waals surface area contributed by atoms with E-state index >= 15 is 0 Å². The molecule has 144 valence electrons. The molecule has 0 saturated heterocycles. The highest BCUT2D eigenvalue weighted by Crippen LogP contribution is 2.34. The Hall–Kier alpha value is -3.63. The van der Waals surface area contributed by atoms with Crippen LogP contribution in [0.5, 0.6) is 0 Å². The van der Waals surface area contributed by atoms with Gasteiger partial charge in [0.05, 0.1) is 29.9 Å². The standard InChI is InChI=1S/C17H15F3N8/c1-9-5-23-27(7-9)14-11-6-24-28(15(11)26-16(22)25-14)8-10-2-3-13(21)12(4-10)17(18,19)20/h2-7H,8,21H2,1H3,(H2,22,25,26). The minimum atomic E-state index is -4.54. The van der Waals surface area contributed by atoms with E-state index in [2.05, 4.69) is 20.2 Å². The van der Waals surface area contributed by atoms with Crippen LogP contribution in [0.2, 0.25) is 0 Å². The lowest BCUT2D eigenvalue weighted by Gasteiger charge is -2.12. The lowest BCUT2D eigenvalue weighted by molar-refractivity contribution is -0.136. The first-order valence-electron chi connectivity index (χ1n) is 8.18. The molecule has 28 heavy (non-hydrogen) atoms. The summed E-state index contributed by atoms with van der Waals surface area (Å²) in [4.78, 5) is 8.40. The van der Waals surface area contributed by atoms with E-state index < -0.39 is 11.7 Å². The predicted octanol–water partition coefficient (Wildman–Crippen LogP) is 2.55. The topological polar surface area (TPSA) is 113 Å². The molecule has 0 amide bonds. The van der Waals surface area contributed by atoms with Gasteiger partial charge in [-0.05, 0) is 30.2 Å². The number of aromatic nitrogens is 6. The number of nitrogens with zero attached hydrogens (tertiary/aromatic N) is 6. The van der Waals surface area contributed by atoms with Gasteiger partial charge in [0.15, 0.2) is 11.5 Å². The van der Waals surface area contributed by atoms with Gasteiger partial charge in [0.2, 0.25) is 5.95 Å². The summed E-state index contributed by atoms with van der Waals surface area (Å²) in [6, 6.07) is 3.75. The highest BCUT2D eigenvalue weighted by molar-refractivity contribution is 5.83. The molecule has 0 aliphatic rings. The van der Waals surface area contributed by atoms with Crippen LogP contribution in [0.15, 0.2) is 36.8 Å². The first-order valence-corrected chi connectivity index (χ1v) is 8.18. The van der Waals surface area contributed by atoms with E-state index in [1.54, 1.807) is 17.1 Å². The molecule has 3 aromatic heterocycles. The van der Waals surface area contributed by atoms with Crippen molar-refractivity contribution in [1.82, 2.24) is 29.5 Å². The van der Waals surface area contributed by atoms with E-state index in [1.807, 2.05) is 6.92 Å². The number of anilines is 2. The Morgan fingerprint density at radius 1 is 1.07 bits per heavy atom. The predicted molar refractivity (Wildman–Crippen MR) is 96.6 cm³/mol. The van der Waals surface area contributed by atoms with Crippen molar-refractivity contribution in [1.29, 1.82) is 0 Å². The van der Waals surface area contributed by atoms with Crippen molar-refractivity contribution in [2.24, 2.45) is 0 Å². The van der Waals surface area contributed by atoms with Gasteiger partial charge < -0.3 is 11.5 Å². The molecule has 4 N–H and O–H groups in total. The van der Waals surface area contributed by atoms with E-state index in [4.69, 9.17) is 11.5 Å². The van der Waals surface area contributed by atoms with Crippen LogP contribution in [-0.4, -0.2) is 29.5 Å². The summed E-state index contributed by atoms with van der Waals surface area (Å²) in [6.07, 6.45) is 0.433. The van der Waals surface area contributed by atoms with Gasteiger partial charge >= 0.3 is 6.18 Å². The Kier molecular flexibility index (Phi) is 3.95. The van der Waals surface area contributed by atoms with Crippen molar-refractivity contribution in [3.8, 4) is 5.82 Å². The van der Waals surface area contributed by atoms with E-state index in [1.165, 1.54) is 23.0 Å². The molecule has 8 nitrogen and oxygen atoms in total. The largest absolute Gasteiger partial charge is 0.418 e. The molecule has 0 saturated carbocycles. The van der Waals surface area contributed by atoms with Gasteiger partial charge in [-0.2, -0.15) is 33.3 Å². The molecule has 0 fully saturated rings. The third-order valence-corrected chi connectivity index (χ3v) is 4.18. The summed E-state index contributed by atoms with van der Waals surface area (Å²) in [5, 5.41) is 9.03. The summed E-state index contributed by atoms with van der Waals surface area (Å²) in [7, 11) is 0. The fourth-order valence-corrected chi connectivity index (χ4v) is 2.90. The first-order chi connectivity index (χ1) is 13.2. The van der Waals surface area contributed by atoms with Crippen LogP contribution in [0, 0.1) is 6.92 Å². The quantitative estimate of drug-likeness (QED) is 0.522. The number of rotatable bonds is 3. The van der Waals surface area contributed by atoms with Crippen LogP contribution < -0.4 is 11.5 Å². The van der Waals surface area contributed by atoms with Crippen molar-refractivity contribution in [2.75, 3.05) is 11.5 Å². The van der Waals surface area contributed by atoms with Crippen LogP contribution in [0.3, 0.4) is 0 Å². The number of halogens is 3. The molecule has 1 aromatic carbocycles. The minimum Gasteiger partial charge on any atom is -0.398 e. The molecule has 0 aliphatic heterocycles. The SMILES string of the molecule is Cc1cnn(-c2nc(N)nc3c2cnn3Cc2ccc(N)c(C(F)(F)F)c2)c1. The van der Waals surface area contributed by atoms with E-state index in [0.29, 0.717) is 22.4 Å². The monoisotopic (exact) mass is 388 g/mol. The maximum Gasteiger partial charge on any atom is 0.418 e. The van der Waals surface area contributed by atoms with Crippen molar-refractivity contribution in [2.45, 2.75) is 19.6 Å². The number of alkyl halides is 3. The van der Waals surface area contributed by atoms with E-state index in [0.717, 1.165) is 11.6 Å². The molecular weight excluding hydrogens is 373 g/mol. The second-order valence-electron chi connectivity index (χ2n) is 6.33. The number of nitrogen functional groups attached to an aromatic ring is 2. The Balaban J connectivity index is 1.78. The molecule has 4 rings (SSSR count). The fourth-order valence-electron chi connectivity index (χ4n) is 2.90. The number of aryl methyl sites for hydroxylation is 1. The lowest BCUT2D eigenvalue weighted by atomic mass is 10.1. The highest BCUT2D eigenvalue weighted by atomic mass is 19.4. The normalized spacial score (nSPS) is 12.0. The molecule has 0 aliphatic carbocycles. The van der Waals surface area contributed by atoms with E-state index in [-0.39, 0.29) is 18.2 Å². The summed E-state index contributed by atoms with van der Waals surface area (Å²) < 4.78 is 42.3. The second-order valence-corrected chi connectivity index (χ2v) is 6.33. The smallest absolute Gasteiger partial charge is 0.398 e. The summed E-state index contributed by atoms with van der Waals surface area (Å²) >= 11 is 0. The number of hydrogen-bond donors (Lipinski definition) is 2. The molecule has 11 heteroatoms. The summed E-state index contributed by atoms with van der Waals surface area (Å²) in [5.74, 6) is 0.445. The van der Waals surface area contributed by atoms with Crippen molar-refractivity contribution in [3.05, 3.63) is 53.5 Å². The van der Waals surface area contributed by atoms with Crippen molar-refractivity contribution < 1.29 is 13.2 Å². The Morgan fingerprint density at radius 3 is 2.54 bits per heavy atom. The molecule has 4 aromatic rings. The molecule has 0 atom stereocenters. The number of fused-ring (bicyclic) bond motifs is 1. The maximum atomic E-state index is 13.1.